The highest BCUT2D eigenvalue weighted by Gasteiger charge is 1.99. The number of fused-ring (bicyclic) bond motifs is 1. The SMILES string of the molecule is CCCCc1ccc2cc[nH]c(=O)c2c1. The van der Waals surface area contributed by atoms with Crippen LogP contribution >= 0.6 is 0 Å². The maximum Gasteiger partial charge on any atom is 0.255 e. The number of H-pyrrole nitrogens is 1. The number of benzene rings is 1. The third-order valence-electron chi connectivity index (χ3n) is 2.66. The third kappa shape index (κ3) is 2.09. The number of hydrogen-bond donors (Lipinski definition) is 1. The Morgan fingerprint density at radius 2 is 2.13 bits per heavy atom. The number of rotatable bonds is 3. The van der Waals surface area contributed by atoms with E-state index in [0.29, 0.717) is 0 Å². The molecule has 0 fully saturated rings. The van der Waals surface area contributed by atoms with E-state index in [1.165, 1.54) is 18.4 Å². The molecule has 2 nitrogen and oxygen atoms in total. The third-order valence-corrected chi connectivity index (χ3v) is 2.66. The topological polar surface area (TPSA) is 32.9 Å². The number of unbranched alkanes of at least 4 members (excludes halogenated alkanes) is 1. The van der Waals surface area contributed by atoms with Crippen LogP contribution in [0.2, 0.25) is 0 Å². The van der Waals surface area contributed by atoms with Gasteiger partial charge in [0.05, 0.1) is 0 Å². The number of hydrogen-bond acceptors (Lipinski definition) is 1. The van der Waals surface area contributed by atoms with Gasteiger partial charge in [-0.25, -0.2) is 0 Å². The van der Waals surface area contributed by atoms with Gasteiger partial charge in [0.25, 0.3) is 5.56 Å². The van der Waals surface area contributed by atoms with Gasteiger partial charge in [0, 0.05) is 11.6 Å². The van der Waals surface area contributed by atoms with Gasteiger partial charge >= 0.3 is 0 Å². The van der Waals surface area contributed by atoms with Gasteiger partial charge in [0.15, 0.2) is 0 Å². The summed E-state index contributed by atoms with van der Waals surface area (Å²) in [5.41, 5.74) is 1.26. The van der Waals surface area contributed by atoms with Crippen LogP contribution in [-0.2, 0) is 6.42 Å². The quantitative estimate of drug-likeness (QED) is 0.813. The lowest BCUT2D eigenvalue weighted by Crippen LogP contribution is -2.04. The first-order chi connectivity index (χ1) is 7.31. The average Bonchev–Trinajstić information content (AvgIpc) is 2.27. The molecule has 0 bridgehead atoms. The summed E-state index contributed by atoms with van der Waals surface area (Å²) in [6.45, 7) is 2.17. The van der Waals surface area contributed by atoms with Gasteiger partial charge in [-0.15, -0.1) is 0 Å². The molecule has 0 aliphatic carbocycles. The van der Waals surface area contributed by atoms with Gasteiger partial charge in [-0.1, -0.05) is 25.5 Å². The number of aromatic amines is 1. The minimum absolute atomic E-state index is 0.00542. The van der Waals surface area contributed by atoms with E-state index in [2.05, 4.69) is 18.0 Å². The molecule has 0 spiro atoms. The maximum absolute atomic E-state index is 11.5. The predicted molar refractivity (Wildman–Crippen MR) is 63.2 cm³/mol. The molecule has 0 unspecified atom stereocenters. The molecule has 1 heterocycles. The van der Waals surface area contributed by atoms with Crippen LogP contribution in [0.3, 0.4) is 0 Å². The van der Waals surface area contributed by atoms with Crippen molar-refractivity contribution in [3.8, 4) is 0 Å². The molecule has 0 aliphatic rings. The smallest absolute Gasteiger partial charge is 0.255 e. The molecule has 0 saturated carbocycles. The first-order valence-electron chi connectivity index (χ1n) is 5.41. The lowest BCUT2D eigenvalue weighted by molar-refractivity contribution is 0.796. The zero-order chi connectivity index (χ0) is 10.7. The lowest BCUT2D eigenvalue weighted by Gasteiger charge is -2.01. The summed E-state index contributed by atoms with van der Waals surface area (Å²) in [4.78, 5) is 14.3. The van der Waals surface area contributed by atoms with Crippen molar-refractivity contribution < 1.29 is 0 Å². The molecule has 1 aromatic carbocycles. The number of nitrogens with one attached hydrogen (secondary N) is 1. The summed E-state index contributed by atoms with van der Waals surface area (Å²) >= 11 is 0. The number of aromatic nitrogens is 1. The van der Waals surface area contributed by atoms with E-state index in [1.54, 1.807) is 6.20 Å². The van der Waals surface area contributed by atoms with E-state index in [0.717, 1.165) is 17.2 Å². The summed E-state index contributed by atoms with van der Waals surface area (Å²) in [5, 5.41) is 1.81. The second kappa shape index (κ2) is 4.30. The van der Waals surface area contributed by atoms with E-state index in [1.807, 2.05) is 18.2 Å². The van der Waals surface area contributed by atoms with Gasteiger partial charge in [0.2, 0.25) is 0 Å². The Morgan fingerprint density at radius 3 is 2.93 bits per heavy atom. The molecule has 2 aromatic rings. The second-order valence-electron chi connectivity index (χ2n) is 3.83. The van der Waals surface area contributed by atoms with Crippen LogP contribution in [0.4, 0.5) is 0 Å². The van der Waals surface area contributed by atoms with Crippen molar-refractivity contribution in [2.45, 2.75) is 26.2 Å². The van der Waals surface area contributed by atoms with Crippen molar-refractivity contribution in [1.29, 1.82) is 0 Å². The zero-order valence-electron chi connectivity index (χ0n) is 8.92. The number of pyridine rings is 1. The van der Waals surface area contributed by atoms with Gasteiger partial charge < -0.3 is 4.98 Å². The summed E-state index contributed by atoms with van der Waals surface area (Å²) < 4.78 is 0. The Labute approximate surface area is 89.0 Å². The van der Waals surface area contributed by atoms with Crippen molar-refractivity contribution in [2.75, 3.05) is 0 Å². The summed E-state index contributed by atoms with van der Waals surface area (Å²) in [7, 11) is 0. The Kier molecular flexibility index (Phi) is 2.86. The molecule has 0 saturated heterocycles. The van der Waals surface area contributed by atoms with E-state index in [4.69, 9.17) is 0 Å². The molecule has 0 atom stereocenters. The van der Waals surface area contributed by atoms with Crippen molar-refractivity contribution in [3.63, 3.8) is 0 Å². The van der Waals surface area contributed by atoms with Crippen molar-refractivity contribution >= 4 is 10.8 Å². The molecule has 2 heteroatoms. The minimum Gasteiger partial charge on any atom is -0.329 e. The first kappa shape index (κ1) is 9.97. The van der Waals surface area contributed by atoms with Gasteiger partial charge in [-0.05, 0) is 35.9 Å². The monoisotopic (exact) mass is 201 g/mol. The van der Waals surface area contributed by atoms with Crippen LogP contribution in [0.15, 0.2) is 35.3 Å². The highest BCUT2D eigenvalue weighted by Crippen LogP contribution is 2.13. The fraction of sp³-hybridized carbons (Fsp3) is 0.308. The fourth-order valence-corrected chi connectivity index (χ4v) is 1.77. The normalized spacial score (nSPS) is 10.7. The fourth-order valence-electron chi connectivity index (χ4n) is 1.77. The van der Waals surface area contributed by atoms with Crippen LogP contribution in [0.5, 0.6) is 0 Å². The minimum atomic E-state index is 0.00542. The Hall–Kier alpha value is -1.57. The summed E-state index contributed by atoms with van der Waals surface area (Å²) in [6.07, 6.45) is 5.11. The highest BCUT2D eigenvalue weighted by molar-refractivity contribution is 5.81. The molecule has 0 aliphatic heterocycles. The molecular formula is C13H15NO. The van der Waals surface area contributed by atoms with E-state index in [-0.39, 0.29) is 5.56 Å². The molecule has 0 radical (unpaired) electrons. The van der Waals surface area contributed by atoms with Crippen molar-refractivity contribution in [3.05, 3.63) is 46.4 Å². The first-order valence-corrected chi connectivity index (χ1v) is 5.41. The molecule has 0 amide bonds. The molecule has 1 aromatic heterocycles. The summed E-state index contributed by atoms with van der Waals surface area (Å²) in [6, 6.07) is 8.07. The van der Waals surface area contributed by atoms with Gasteiger partial charge in [-0.3, -0.25) is 4.79 Å². The zero-order valence-corrected chi connectivity index (χ0v) is 8.92. The predicted octanol–water partition coefficient (Wildman–Crippen LogP) is 2.87. The van der Waals surface area contributed by atoms with Gasteiger partial charge in [-0.2, -0.15) is 0 Å². The van der Waals surface area contributed by atoms with E-state index >= 15 is 0 Å². The van der Waals surface area contributed by atoms with E-state index < -0.39 is 0 Å². The van der Waals surface area contributed by atoms with E-state index in [9.17, 15) is 4.79 Å². The second-order valence-corrected chi connectivity index (χ2v) is 3.83. The Bertz CT molecular complexity index is 513. The number of aryl methyl sites for hydroxylation is 1. The molecule has 1 N–H and O–H groups in total. The van der Waals surface area contributed by atoms with Crippen molar-refractivity contribution in [1.82, 2.24) is 4.98 Å². The van der Waals surface area contributed by atoms with Crippen LogP contribution in [0, 0.1) is 0 Å². The van der Waals surface area contributed by atoms with Gasteiger partial charge in [0.1, 0.15) is 0 Å². The molecule has 15 heavy (non-hydrogen) atoms. The largest absolute Gasteiger partial charge is 0.329 e. The molecule has 2 rings (SSSR count). The highest BCUT2D eigenvalue weighted by atomic mass is 16.1. The summed E-state index contributed by atoms with van der Waals surface area (Å²) in [5.74, 6) is 0. The molecular weight excluding hydrogens is 186 g/mol. The van der Waals surface area contributed by atoms with Crippen molar-refractivity contribution in [2.24, 2.45) is 0 Å². The lowest BCUT2D eigenvalue weighted by atomic mass is 10.0. The van der Waals surface area contributed by atoms with Crippen LogP contribution < -0.4 is 5.56 Å². The van der Waals surface area contributed by atoms with Crippen LogP contribution in [0.1, 0.15) is 25.3 Å². The molecule has 78 valence electrons. The standard InChI is InChI=1S/C13H15NO/c1-2-3-4-10-5-6-11-7-8-14-13(15)12(11)9-10/h5-9H,2-4H2,1H3,(H,14,15). The average molecular weight is 201 g/mol. The maximum atomic E-state index is 11.5. The van der Waals surface area contributed by atoms with Crippen LogP contribution in [-0.4, -0.2) is 4.98 Å². The Morgan fingerprint density at radius 1 is 1.27 bits per heavy atom. The van der Waals surface area contributed by atoms with Crippen LogP contribution in [0.25, 0.3) is 10.8 Å². The Balaban J connectivity index is 2.45.